The average Bonchev–Trinajstić information content (AvgIpc) is 3.27. The van der Waals surface area contributed by atoms with E-state index in [1.807, 2.05) is 6.07 Å². The number of halogens is 2. The molecule has 0 atom stereocenters. The van der Waals surface area contributed by atoms with Crippen LogP contribution in [-0.4, -0.2) is 38.8 Å². The summed E-state index contributed by atoms with van der Waals surface area (Å²) < 4.78 is 44.8. The molecule has 0 aliphatic rings. The average molecular weight is 450 g/mol. The summed E-state index contributed by atoms with van der Waals surface area (Å²) in [5.41, 5.74) is 1.71. The van der Waals surface area contributed by atoms with Gasteiger partial charge in [0.1, 0.15) is 10.7 Å². The molecule has 1 heterocycles. The largest absolute Gasteiger partial charge is 0.493 e. The highest BCUT2D eigenvalue weighted by molar-refractivity contribution is 7.13. The summed E-state index contributed by atoms with van der Waals surface area (Å²) in [4.78, 5) is 16.9. The van der Waals surface area contributed by atoms with Crippen LogP contribution in [0.15, 0.2) is 41.8 Å². The minimum atomic E-state index is -2.95. The van der Waals surface area contributed by atoms with E-state index in [1.54, 1.807) is 37.8 Å². The standard InChI is InChI=1S/C21H20F2N2O5S/c1-27-15-7-5-13(9-18(15)29-3)20-25-14(11-31-20)19(26)24-10-12-4-6-16(30-21(22)23)17(8-12)28-2/h4-9,11,21H,10H2,1-3H3,(H,24,26). The normalized spacial score (nSPS) is 10.6. The van der Waals surface area contributed by atoms with Gasteiger partial charge in [-0.3, -0.25) is 4.79 Å². The van der Waals surface area contributed by atoms with Crippen LogP contribution >= 0.6 is 11.3 Å². The second-order valence-corrected chi connectivity index (χ2v) is 7.01. The van der Waals surface area contributed by atoms with Crippen LogP contribution in [-0.2, 0) is 6.54 Å². The van der Waals surface area contributed by atoms with Crippen molar-refractivity contribution in [3.05, 3.63) is 53.0 Å². The van der Waals surface area contributed by atoms with E-state index in [0.29, 0.717) is 22.1 Å². The van der Waals surface area contributed by atoms with E-state index < -0.39 is 6.61 Å². The van der Waals surface area contributed by atoms with Gasteiger partial charge in [-0.15, -0.1) is 11.3 Å². The molecule has 3 aromatic rings. The number of amides is 1. The maximum atomic E-state index is 12.5. The van der Waals surface area contributed by atoms with E-state index >= 15 is 0 Å². The molecule has 1 N–H and O–H groups in total. The van der Waals surface area contributed by atoms with E-state index in [0.717, 1.165) is 5.56 Å². The molecule has 0 saturated heterocycles. The smallest absolute Gasteiger partial charge is 0.387 e. The lowest BCUT2D eigenvalue weighted by Gasteiger charge is -2.11. The third-order valence-electron chi connectivity index (χ3n) is 4.26. The molecule has 0 aliphatic carbocycles. The van der Waals surface area contributed by atoms with Crippen molar-refractivity contribution in [1.82, 2.24) is 10.3 Å². The molecule has 3 rings (SSSR count). The van der Waals surface area contributed by atoms with E-state index in [-0.39, 0.29) is 29.6 Å². The topological polar surface area (TPSA) is 78.9 Å². The monoisotopic (exact) mass is 450 g/mol. The number of nitrogens with zero attached hydrogens (tertiary/aromatic N) is 1. The molecule has 0 radical (unpaired) electrons. The maximum Gasteiger partial charge on any atom is 0.387 e. The van der Waals surface area contributed by atoms with E-state index in [4.69, 9.17) is 14.2 Å². The molecule has 7 nitrogen and oxygen atoms in total. The van der Waals surface area contributed by atoms with Gasteiger partial charge in [0.15, 0.2) is 23.0 Å². The highest BCUT2D eigenvalue weighted by Crippen LogP contribution is 2.33. The van der Waals surface area contributed by atoms with Crippen molar-refractivity contribution in [1.29, 1.82) is 0 Å². The SMILES string of the molecule is COc1ccc(-c2nc(C(=O)NCc3ccc(OC(F)F)c(OC)c3)cs2)cc1OC. The third-order valence-corrected chi connectivity index (χ3v) is 5.16. The van der Waals surface area contributed by atoms with Crippen LogP contribution < -0.4 is 24.3 Å². The summed E-state index contributed by atoms with van der Waals surface area (Å²) in [5, 5.41) is 5.06. The molecule has 31 heavy (non-hydrogen) atoms. The molecule has 0 unspecified atom stereocenters. The first kappa shape index (κ1) is 22.3. The minimum Gasteiger partial charge on any atom is -0.493 e. The first-order chi connectivity index (χ1) is 14.9. The van der Waals surface area contributed by atoms with Gasteiger partial charge < -0.3 is 24.3 Å². The van der Waals surface area contributed by atoms with E-state index in [1.165, 1.54) is 30.6 Å². The number of carbonyl (C=O) groups is 1. The lowest BCUT2D eigenvalue weighted by Crippen LogP contribution is -2.23. The van der Waals surface area contributed by atoms with Crippen molar-refractivity contribution in [3.63, 3.8) is 0 Å². The number of nitrogens with one attached hydrogen (secondary N) is 1. The van der Waals surface area contributed by atoms with Gasteiger partial charge >= 0.3 is 6.61 Å². The quantitative estimate of drug-likeness (QED) is 0.522. The highest BCUT2D eigenvalue weighted by Gasteiger charge is 2.15. The number of methoxy groups -OCH3 is 3. The molecule has 1 amide bonds. The molecule has 0 saturated carbocycles. The van der Waals surface area contributed by atoms with E-state index in [2.05, 4.69) is 15.0 Å². The molecule has 164 valence electrons. The summed E-state index contributed by atoms with van der Waals surface area (Å²) in [6.07, 6.45) is 0. The number of hydrogen-bond donors (Lipinski definition) is 1. The fourth-order valence-electron chi connectivity index (χ4n) is 2.77. The fourth-order valence-corrected chi connectivity index (χ4v) is 3.57. The first-order valence-corrected chi connectivity index (χ1v) is 9.91. The predicted molar refractivity (Wildman–Crippen MR) is 111 cm³/mol. The van der Waals surface area contributed by atoms with Crippen molar-refractivity contribution in [2.45, 2.75) is 13.2 Å². The summed E-state index contributed by atoms with van der Waals surface area (Å²) in [6.45, 7) is -2.79. The second kappa shape index (κ2) is 10.1. The number of ether oxygens (including phenoxy) is 4. The highest BCUT2D eigenvalue weighted by atomic mass is 32.1. The van der Waals surface area contributed by atoms with Crippen LogP contribution in [0, 0.1) is 0 Å². The van der Waals surface area contributed by atoms with Gasteiger partial charge in [-0.25, -0.2) is 4.98 Å². The summed E-state index contributed by atoms with van der Waals surface area (Å²) in [7, 11) is 4.45. The third kappa shape index (κ3) is 5.40. The van der Waals surface area contributed by atoms with Gasteiger partial charge in [-0.05, 0) is 35.9 Å². The Morgan fingerprint density at radius 3 is 2.35 bits per heavy atom. The molecular weight excluding hydrogens is 430 g/mol. The van der Waals surface area contributed by atoms with Gasteiger partial charge in [0.05, 0.1) is 21.3 Å². The number of aromatic nitrogens is 1. The number of rotatable bonds is 9. The summed E-state index contributed by atoms with van der Waals surface area (Å²) in [5.74, 6) is 0.869. The van der Waals surface area contributed by atoms with Crippen LogP contribution in [0.25, 0.3) is 10.6 Å². The van der Waals surface area contributed by atoms with Crippen LogP contribution in [0.2, 0.25) is 0 Å². The first-order valence-electron chi connectivity index (χ1n) is 9.03. The van der Waals surface area contributed by atoms with Crippen LogP contribution in [0.3, 0.4) is 0 Å². The van der Waals surface area contributed by atoms with Gasteiger partial charge in [0.25, 0.3) is 5.91 Å². The molecule has 0 bridgehead atoms. The zero-order valence-electron chi connectivity index (χ0n) is 17.0. The number of benzene rings is 2. The lowest BCUT2D eigenvalue weighted by atomic mass is 10.2. The Labute approximate surface area is 181 Å². The molecular formula is C21H20F2N2O5S. The Morgan fingerprint density at radius 2 is 1.68 bits per heavy atom. The number of alkyl halides is 2. The van der Waals surface area contributed by atoms with E-state index in [9.17, 15) is 13.6 Å². The molecule has 2 aromatic carbocycles. The van der Waals surface area contributed by atoms with Crippen LogP contribution in [0.4, 0.5) is 8.78 Å². The minimum absolute atomic E-state index is 0.0772. The molecule has 1 aromatic heterocycles. The van der Waals surface area contributed by atoms with Crippen LogP contribution in [0.5, 0.6) is 23.0 Å². The molecule has 0 fully saturated rings. The van der Waals surface area contributed by atoms with Crippen molar-refractivity contribution < 1.29 is 32.5 Å². The molecule has 0 aliphatic heterocycles. The zero-order chi connectivity index (χ0) is 22.4. The van der Waals surface area contributed by atoms with Crippen molar-refractivity contribution in [2.75, 3.05) is 21.3 Å². The van der Waals surface area contributed by atoms with Crippen LogP contribution in [0.1, 0.15) is 16.1 Å². The van der Waals surface area contributed by atoms with Gasteiger partial charge in [-0.2, -0.15) is 8.78 Å². The van der Waals surface area contributed by atoms with Crippen molar-refractivity contribution >= 4 is 17.2 Å². The van der Waals surface area contributed by atoms with Crippen molar-refractivity contribution in [3.8, 4) is 33.6 Å². The zero-order valence-corrected chi connectivity index (χ0v) is 17.8. The Hall–Kier alpha value is -3.40. The number of carbonyl (C=O) groups excluding carboxylic acids is 1. The number of hydrogen-bond acceptors (Lipinski definition) is 7. The Morgan fingerprint density at radius 1 is 1.00 bits per heavy atom. The summed E-state index contributed by atoms with van der Waals surface area (Å²) >= 11 is 1.32. The predicted octanol–water partition coefficient (Wildman–Crippen LogP) is 4.37. The fraction of sp³-hybridized carbons (Fsp3) is 0.238. The Bertz CT molecular complexity index is 1060. The maximum absolute atomic E-state index is 12.5. The molecule has 10 heteroatoms. The van der Waals surface area contributed by atoms with Gasteiger partial charge in [0, 0.05) is 17.5 Å². The number of thiazole rings is 1. The second-order valence-electron chi connectivity index (χ2n) is 6.15. The molecule has 0 spiro atoms. The van der Waals surface area contributed by atoms with Crippen molar-refractivity contribution in [2.24, 2.45) is 0 Å². The lowest BCUT2D eigenvalue weighted by molar-refractivity contribution is -0.0512. The van der Waals surface area contributed by atoms with Gasteiger partial charge in [-0.1, -0.05) is 6.07 Å². The summed E-state index contributed by atoms with van der Waals surface area (Å²) in [6, 6.07) is 9.84. The Kier molecular flexibility index (Phi) is 7.24. The Balaban J connectivity index is 1.68. The van der Waals surface area contributed by atoms with Gasteiger partial charge in [0.2, 0.25) is 0 Å².